The number of carbonyl (C=O) groups excluding carboxylic acids is 2. The molecular weight excluding hydrogens is 614 g/mol. The minimum Gasteiger partial charge on any atom is -0.493 e. The van der Waals surface area contributed by atoms with Crippen molar-refractivity contribution in [3.05, 3.63) is 86.1 Å². The maximum absolute atomic E-state index is 13.2. The number of benzene rings is 3. The van der Waals surface area contributed by atoms with Gasteiger partial charge in [-0.3, -0.25) is 9.69 Å². The van der Waals surface area contributed by atoms with Gasteiger partial charge in [-0.25, -0.2) is 4.79 Å². The third-order valence-electron chi connectivity index (χ3n) is 6.60. The van der Waals surface area contributed by atoms with E-state index in [0.717, 1.165) is 21.2 Å². The fourth-order valence-corrected chi connectivity index (χ4v) is 7.22. The van der Waals surface area contributed by atoms with Crippen molar-refractivity contribution in [2.24, 2.45) is 0 Å². The highest BCUT2D eigenvalue weighted by atomic mass is 35.5. The highest BCUT2D eigenvalue weighted by Gasteiger charge is 2.32. The number of hydrogen-bond donors (Lipinski definition) is 0. The molecule has 0 atom stereocenters. The monoisotopic (exact) mass is 639 g/mol. The van der Waals surface area contributed by atoms with E-state index < -0.39 is 5.97 Å². The summed E-state index contributed by atoms with van der Waals surface area (Å²) < 4.78 is 23.2. The minimum absolute atomic E-state index is 0.172. The maximum Gasteiger partial charge on any atom is 0.355 e. The van der Waals surface area contributed by atoms with Crippen LogP contribution in [-0.2, 0) is 11.2 Å². The van der Waals surface area contributed by atoms with E-state index >= 15 is 0 Å². The van der Waals surface area contributed by atoms with E-state index in [1.165, 1.54) is 30.2 Å². The molecule has 1 saturated heterocycles. The number of esters is 1. The summed E-state index contributed by atoms with van der Waals surface area (Å²) in [5.74, 6) is 1.12. The molecule has 3 aromatic carbocycles. The fraction of sp³-hybridized carbons (Fsp3) is 0.194. The Morgan fingerprint density at radius 2 is 1.67 bits per heavy atom. The summed E-state index contributed by atoms with van der Waals surface area (Å²) in [5.41, 5.74) is 2.77. The van der Waals surface area contributed by atoms with Crippen LogP contribution >= 0.6 is 46.9 Å². The highest BCUT2D eigenvalue weighted by Crippen LogP contribution is 2.39. The summed E-state index contributed by atoms with van der Waals surface area (Å²) in [6.45, 7) is 2.41. The van der Waals surface area contributed by atoms with Crippen molar-refractivity contribution in [3.8, 4) is 23.0 Å². The number of aryl methyl sites for hydroxylation is 1. The number of thiophene rings is 1. The average Bonchev–Trinajstić information content (AvgIpc) is 3.45. The number of amides is 1. The van der Waals surface area contributed by atoms with Gasteiger partial charge in [0.25, 0.3) is 5.91 Å². The molecule has 4 aromatic rings. The van der Waals surface area contributed by atoms with Crippen LogP contribution in [0.5, 0.6) is 23.0 Å². The molecule has 0 N–H and O–H groups in total. The van der Waals surface area contributed by atoms with E-state index in [2.05, 4.69) is 0 Å². The lowest BCUT2D eigenvalue weighted by molar-refractivity contribution is -0.122. The largest absolute Gasteiger partial charge is 0.493 e. The Bertz CT molecular complexity index is 1750. The van der Waals surface area contributed by atoms with E-state index in [-0.39, 0.29) is 11.7 Å². The summed E-state index contributed by atoms with van der Waals surface area (Å²) in [6.07, 6.45) is 2.34. The van der Waals surface area contributed by atoms with E-state index in [9.17, 15) is 9.59 Å². The maximum atomic E-state index is 13.2. The van der Waals surface area contributed by atoms with Crippen molar-refractivity contribution in [2.75, 3.05) is 27.9 Å². The lowest BCUT2D eigenvalue weighted by Gasteiger charge is -2.15. The van der Waals surface area contributed by atoms with Gasteiger partial charge >= 0.3 is 5.97 Å². The van der Waals surface area contributed by atoms with Crippen LogP contribution < -0.4 is 18.9 Å². The molecule has 0 unspecified atom stereocenters. The molecule has 1 aromatic heterocycles. The third kappa shape index (κ3) is 6.12. The van der Waals surface area contributed by atoms with E-state index in [0.29, 0.717) is 54.9 Å². The van der Waals surface area contributed by atoms with Crippen LogP contribution in [-0.4, -0.2) is 49.0 Å². The van der Waals surface area contributed by atoms with E-state index in [1.54, 1.807) is 43.4 Å². The van der Waals surface area contributed by atoms with E-state index in [1.807, 2.05) is 43.3 Å². The van der Waals surface area contributed by atoms with Crippen LogP contribution in [0.4, 0.5) is 0 Å². The fourth-order valence-electron chi connectivity index (χ4n) is 4.43. The smallest absolute Gasteiger partial charge is 0.355 e. The second-order valence-corrected chi connectivity index (χ2v) is 12.4. The van der Waals surface area contributed by atoms with Gasteiger partial charge in [-0.1, -0.05) is 59.8 Å². The van der Waals surface area contributed by atoms with Crippen molar-refractivity contribution in [1.82, 2.24) is 4.90 Å². The summed E-state index contributed by atoms with van der Waals surface area (Å²) in [4.78, 5) is 28.6. The standard InChI is InChI=1S/C31H26ClNO6S3/c1-17-5-8-20-25(13-17)41-28(27(20)32)30(35)39-22-10-7-19(15-24(22)38-4)16-26-29(34)33(31(40)42-26)12-11-18-6-9-21(36-2)23(14-18)37-3/h5-10,13-16H,11-12H2,1-4H3/b26-16-. The lowest BCUT2D eigenvalue weighted by Crippen LogP contribution is -2.30. The predicted octanol–water partition coefficient (Wildman–Crippen LogP) is 7.55. The van der Waals surface area contributed by atoms with Crippen LogP contribution in [0.3, 0.4) is 0 Å². The molecule has 42 heavy (non-hydrogen) atoms. The van der Waals surface area contributed by atoms with Gasteiger partial charge in [-0.05, 0) is 66.4 Å². The zero-order valence-electron chi connectivity index (χ0n) is 23.2. The van der Waals surface area contributed by atoms with Crippen molar-refractivity contribution < 1.29 is 28.5 Å². The first kappa shape index (κ1) is 29.9. The van der Waals surface area contributed by atoms with Crippen molar-refractivity contribution in [1.29, 1.82) is 0 Å². The molecule has 11 heteroatoms. The van der Waals surface area contributed by atoms with Gasteiger partial charge in [0, 0.05) is 16.6 Å². The molecule has 216 valence electrons. The first-order valence-electron chi connectivity index (χ1n) is 12.8. The number of thiocarbonyl (C=S) groups is 1. The third-order valence-corrected chi connectivity index (χ3v) is 9.62. The Morgan fingerprint density at radius 3 is 2.40 bits per heavy atom. The molecule has 0 bridgehead atoms. The Balaban J connectivity index is 1.29. The number of thioether (sulfide) groups is 1. The van der Waals surface area contributed by atoms with Crippen LogP contribution in [0, 0.1) is 6.92 Å². The molecular formula is C31H26ClNO6S3. The Hall–Kier alpha value is -3.57. The van der Waals surface area contributed by atoms with Gasteiger partial charge in [0.05, 0.1) is 31.3 Å². The zero-order valence-corrected chi connectivity index (χ0v) is 26.4. The van der Waals surface area contributed by atoms with Gasteiger partial charge in [-0.2, -0.15) is 0 Å². The summed E-state index contributed by atoms with van der Waals surface area (Å²) >= 11 is 14.5. The average molecular weight is 640 g/mol. The summed E-state index contributed by atoms with van der Waals surface area (Å²) in [7, 11) is 4.66. The number of rotatable bonds is 9. The zero-order chi connectivity index (χ0) is 30.0. The van der Waals surface area contributed by atoms with Gasteiger partial charge in [0.15, 0.2) is 23.0 Å². The Labute approximate surface area is 262 Å². The normalized spacial score (nSPS) is 14.1. The van der Waals surface area contributed by atoms with Crippen LogP contribution in [0.25, 0.3) is 16.2 Å². The quantitative estimate of drug-likeness (QED) is 0.0804. The SMILES string of the molecule is COc1ccc(CCN2C(=O)/C(=C/c3ccc(OC(=O)c4sc5cc(C)ccc5c4Cl)c(OC)c3)SC2=S)cc1OC. The topological polar surface area (TPSA) is 74.3 Å². The van der Waals surface area contributed by atoms with E-state index in [4.69, 9.17) is 42.8 Å². The summed E-state index contributed by atoms with van der Waals surface area (Å²) in [5, 5.41) is 1.17. The van der Waals surface area contributed by atoms with Crippen molar-refractivity contribution in [2.45, 2.75) is 13.3 Å². The highest BCUT2D eigenvalue weighted by molar-refractivity contribution is 8.26. The second-order valence-electron chi connectivity index (χ2n) is 9.32. The number of nitrogens with zero attached hydrogens (tertiary/aromatic N) is 1. The molecule has 0 spiro atoms. The Kier molecular flexibility index (Phi) is 9.08. The molecule has 2 heterocycles. The van der Waals surface area contributed by atoms with Gasteiger partial charge in [0.1, 0.15) is 9.20 Å². The first-order valence-corrected chi connectivity index (χ1v) is 15.2. The second kappa shape index (κ2) is 12.7. The number of hydrogen-bond acceptors (Lipinski definition) is 9. The Morgan fingerprint density at radius 1 is 0.952 bits per heavy atom. The molecule has 0 radical (unpaired) electrons. The number of methoxy groups -OCH3 is 3. The lowest BCUT2D eigenvalue weighted by atomic mass is 10.1. The molecule has 0 aliphatic carbocycles. The van der Waals surface area contributed by atoms with Crippen LogP contribution in [0.1, 0.15) is 26.4 Å². The molecule has 1 amide bonds. The molecule has 1 aliphatic heterocycles. The minimum atomic E-state index is -0.569. The van der Waals surface area contributed by atoms with Gasteiger partial charge in [-0.15, -0.1) is 11.3 Å². The number of carbonyl (C=O) groups is 2. The van der Waals surface area contributed by atoms with Gasteiger partial charge in [0.2, 0.25) is 0 Å². The molecule has 1 fully saturated rings. The van der Waals surface area contributed by atoms with Crippen molar-refractivity contribution in [3.63, 3.8) is 0 Å². The van der Waals surface area contributed by atoms with Crippen molar-refractivity contribution >= 4 is 79.3 Å². The summed E-state index contributed by atoms with van der Waals surface area (Å²) in [6, 6.07) is 16.6. The number of ether oxygens (including phenoxy) is 4. The molecule has 1 aliphatic rings. The molecule has 5 rings (SSSR count). The van der Waals surface area contributed by atoms with Crippen LogP contribution in [0.2, 0.25) is 5.02 Å². The van der Waals surface area contributed by atoms with Gasteiger partial charge < -0.3 is 18.9 Å². The number of fused-ring (bicyclic) bond motifs is 1. The molecule has 0 saturated carbocycles. The molecule has 7 nitrogen and oxygen atoms in total. The number of halogens is 1. The first-order chi connectivity index (χ1) is 20.2. The van der Waals surface area contributed by atoms with Crippen LogP contribution in [0.15, 0.2) is 59.5 Å². The predicted molar refractivity (Wildman–Crippen MR) is 173 cm³/mol.